The van der Waals surface area contributed by atoms with E-state index in [0.717, 1.165) is 5.56 Å². The smallest absolute Gasteiger partial charge is 0.321 e. The normalized spacial score (nSPS) is 10.2. The van der Waals surface area contributed by atoms with Gasteiger partial charge in [0, 0.05) is 19.3 Å². The van der Waals surface area contributed by atoms with E-state index < -0.39 is 0 Å². The maximum Gasteiger partial charge on any atom is 0.321 e. The molecule has 0 saturated carbocycles. The van der Waals surface area contributed by atoms with E-state index in [-0.39, 0.29) is 12.1 Å². The van der Waals surface area contributed by atoms with Gasteiger partial charge >= 0.3 is 6.03 Å². The summed E-state index contributed by atoms with van der Waals surface area (Å²) in [6, 6.07) is 14.1. The molecule has 0 unspecified atom stereocenters. The largest absolute Gasteiger partial charge is 0.489 e. The molecule has 6 heteroatoms. The monoisotopic (exact) mass is 357 g/mol. The molecule has 0 fully saturated rings. The van der Waals surface area contributed by atoms with Crippen LogP contribution in [0.3, 0.4) is 0 Å². The summed E-state index contributed by atoms with van der Waals surface area (Å²) in [5, 5.41) is 12.2. The van der Waals surface area contributed by atoms with Crippen molar-refractivity contribution < 1.29 is 9.53 Å². The molecule has 0 bridgehead atoms. The van der Waals surface area contributed by atoms with Gasteiger partial charge in [-0.3, -0.25) is 0 Å². The molecule has 0 aliphatic rings. The molecule has 0 aliphatic heterocycles. The predicted molar refractivity (Wildman–Crippen MR) is 98.9 cm³/mol. The van der Waals surface area contributed by atoms with Crippen LogP contribution in [0, 0.1) is 11.3 Å². The fourth-order valence-electron chi connectivity index (χ4n) is 2.23. The minimum atomic E-state index is -0.268. The molecular weight excluding hydrogens is 338 g/mol. The first-order chi connectivity index (χ1) is 11.9. The Morgan fingerprint density at radius 2 is 2.08 bits per heavy atom. The number of ether oxygens (including phenoxy) is 1. The number of benzene rings is 2. The van der Waals surface area contributed by atoms with Crippen LogP contribution >= 0.6 is 11.6 Å². The Morgan fingerprint density at radius 1 is 1.32 bits per heavy atom. The molecule has 5 nitrogen and oxygen atoms in total. The SMILES string of the molecule is CC(C)Oc1ccc(NC(=O)N(C)Cc2cccc(C#N)c2)cc1Cl. The lowest BCUT2D eigenvalue weighted by atomic mass is 10.1. The number of rotatable bonds is 5. The minimum Gasteiger partial charge on any atom is -0.489 e. The van der Waals surface area contributed by atoms with Crippen LogP contribution in [0.4, 0.5) is 10.5 Å². The third-order valence-electron chi connectivity index (χ3n) is 3.37. The highest BCUT2D eigenvalue weighted by atomic mass is 35.5. The fraction of sp³-hybridized carbons (Fsp3) is 0.263. The predicted octanol–water partition coefficient (Wildman–Crippen LogP) is 4.66. The van der Waals surface area contributed by atoms with Crippen LogP contribution in [-0.4, -0.2) is 24.1 Å². The Labute approximate surface area is 152 Å². The van der Waals surface area contributed by atoms with Crippen molar-refractivity contribution in [2.45, 2.75) is 26.5 Å². The van der Waals surface area contributed by atoms with Crippen LogP contribution in [0.15, 0.2) is 42.5 Å². The van der Waals surface area contributed by atoms with Gasteiger partial charge in [-0.15, -0.1) is 0 Å². The second kappa shape index (κ2) is 8.41. The zero-order valence-electron chi connectivity index (χ0n) is 14.4. The molecule has 1 N–H and O–H groups in total. The first-order valence-corrected chi connectivity index (χ1v) is 8.24. The molecule has 2 aromatic rings. The van der Waals surface area contributed by atoms with Crippen LogP contribution in [0.2, 0.25) is 5.02 Å². The highest BCUT2D eigenvalue weighted by Gasteiger charge is 2.11. The van der Waals surface area contributed by atoms with Crippen molar-refractivity contribution in [2.24, 2.45) is 0 Å². The Bertz CT molecular complexity index is 799. The molecule has 2 aromatic carbocycles. The van der Waals surface area contributed by atoms with E-state index >= 15 is 0 Å². The molecule has 0 spiro atoms. The molecule has 0 aromatic heterocycles. The summed E-state index contributed by atoms with van der Waals surface area (Å²) in [6.45, 7) is 4.23. The number of nitriles is 1. The van der Waals surface area contributed by atoms with Crippen molar-refractivity contribution in [3.63, 3.8) is 0 Å². The number of carbonyl (C=O) groups excluding carboxylic acids is 1. The Balaban J connectivity index is 2.01. The molecule has 0 saturated heterocycles. The van der Waals surface area contributed by atoms with Crippen LogP contribution in [0.1, 0.15) is 25.0 Å². The van der Waals surface area contributed by atoms with Gasteiger partial charge in [0.25, 0.3) is 0 Å². The molecule has 2 rings (SSSR count). The van der Waals surface area contributed by atoms with Gasteiger partial charge in [0.2, 0.25) is 0 Å². The van der Waals surface area contributed by atoms with E-state index in [1.807, 2.05) is 19.9 Å². The van der Waals surface area contributed by atoms with Gasteiger partial charge in [-0.05, 0) is 49.7 Å². The van der Waals surface area contributed by atoms with Gasteiger partial charge in [0.1, 0.15) is 5.75 Å². The molecule has 2 amide bonds. The third-order valence-corrected chi connectivity index (χ3v) is 3.66. The summed E-state index contributed by atoms with van der Waals surface area (Å²) in [5.74, 6) is 0.580. The number of anilines is 1. The van der Waals surface area contributed by atoms with Crippen LogP contribution < -0.4 is 10.1 Å². The van der Waals surface area contributed by atoms with E-state index in [4.69, 9.17) is 21.6 Å². The van der Waals surface area contributed by atoms with E-state index in [9.17, 15) is 4.79 Å². The minimum absolute atomic E-state index is 0.0215. The third kappa shape index (κ3) is 5.40. The second-order valence-electron chi connectivity index (χ2n) is 5.91. The molecular formula is C19H20ClN3O2. The first-order valence-electron chi connectivity index (χ1n) is 7.86. The van der Waals surface area contributed by atoms with Crippen molar-refractivity contribution in [3.05, 3.63) is 58.6 Å². The zero-order chi connectivity index (χ0) is 18.4. The molecule has 0 heterocycles. The van der Waals surface area contributed by atoms with Crippen molar-refractivity contribution >= 4 is 23.3 Å². The van der Waals surface area contributed by atoms with E-state index in [2.05, 4.69) is 11.4 Å². The van der Waals surface area contributed by atoms with Gasteiger partial charge in [-0.1, -0.05) is 23.7 Å². The number of hydrogen-bond donors (Lipinski definition) is 1. The van der Waals surface area contributed by atoms with Crippen LogP contribution in [0.5, 0.6) is 5.75 Å². The van der Waals surface area contributed by atoms with Gasteiger partial charge in [0.15, 0.2) is 0 Å². The van der Waals surface area contributed by atoms with Gasteiger partial charge in [0.05, 0.1) is 22.8 Å². The van der Waals surface area contributed by atoms with Crippen molar-refractivity contribution in [1.29, 1.82) is 5.26 Å². The molecule has 0 atom stereocenters. The number of carbonyl (C=O) groups is 1. The summed E-state index contributed by atoms with van der Waals surface area (Å²) in [5.41, 5.74) is 2.04. The Kier molecular flexibility index (Phi) is 6.26. The molecule has 0 radical (unpaired) electrons. The summed E-state index contributed by atoms with van der Waals surface area (Å²) >= 11 is 6.18. The zero-order valence-corrected chi connectivity index (χ0v) is 15.2. The van der Waals surface area contributed by atoms with E-state index in [0.29, 0.717) is 28.6 Å². The lowest BCUT2D eigenvalue weighted by Gasteiger charge is -2.19. The van der Waals surface area contributed by atoms with Gasteiger partial charge in [-0.25, -0.2) is 4.79 Å². The van der Waals surface area contributed by atoms with E-state index in [1.54, 1.807) is 43.4 Å². The maximum atomic E-state index is 12.3. The number of nitrogens with one attached hydrogen (secondary N) is 1. The summed E-state index contributed by atoms with van der Waals surface area (Å²) in [7, 11) is 1.69. The molecule has 25 heavy (non-hydrogen) atoms. The van der Waals surface area contributed by atoms with Crippen LogP contribution in [-0.2, 0) is 6.54 Å². The van der Waals surface area contributed by atoms with Gasteiger partial charge in [-0.2, -0.15) is 5.26 Å². The summed E-state index contributed by atoms with van der Waals surface area (Å²) in [6.07, 6.45) is 0.0215. The topological polar surface area (TPSA) is 65.4 Å². The number of halogens is 1. The maximum absolute atomic E-state index is 12.3. The fourth-order valence-corrected chi connectivity index (χ4v) is 2.46. The average molecular weight is 358 g/mol. The van der Waals surface area contributed by atoms with Crippen molar-refractivity contribution in [1.82, 2.24) is 4.90 Å². The van der Waals surface area contributed by atoms with E-state index in [1.165, 1.54) is 4.90 Å². The summed E-state index contributed by atoms with van der Waals surface area (Å²) < 4.78 is 5.57. The molecule has 0 aliphatic carbocycles. The lowest BCUT2D eigenvalue weighted by Crippen LogP contribution is -2.30. The highest BCUT2D eigenvalue weighted by Crippen LogP contribution is 2.28. The number of nitrogens with zero attached hydrogens (tertiary/aromatic N) is 2. The molecule has 130 valence electrons. The van der Waals surface area contributed by atoms with Crippen molar-refractivity contribution in [3.8, 4) is 11.8 Å². The van der Waals surface area contributed by atoms with Gasteiger partial charge < -0.3 is 15.0 Å². The highest BCUT2D eigenvalue weighted by molar-refractivity contribution is 6.32. The summed E-state index contributed by atoms with van der Waals surface area (Å²) in [4.78, 5) is 13.9. The number of urea groups is 1. The quantitative estimate of drug-likeness (QED) is 0.846. The Morgan fingerprint density at radius 3 is 2.72 bits per heavy atom. The van der Waals surface area contributed by atoms with Crippen LogP contribution in [0.25, 0.3) is 0 Å². The second-order valence-corrected chi connectivity index (χ2v) is 6.32. The number of amides is 2. The first kappa shape index (κ1) is 18.6. The standard InChI is InChI=1S/C19H20ClN3O2/c1-13(2)25-18-8-7-16(10-17(18)20)22-19(24)23(3)12-15-6-4-5-14(9-15)11-21/h4-10,13H,12H2,1-3H3,(H,22,24). The number of hydrogen-bond acceptors (Lipinski definition) is 3. The average Bonchev–Trinajstić information content (AvgIpc) is 2.57. The lowest BCUT2D eigenvalue weighted by molar-refractivity contribution is 0.220. The van der Waals surface area contributed by atoms with Crippen molar-refractivity contribution in [2.75, 3.05) is 12.4 Å². The Hall–Kier alpha value is -2.71.